The van der Waals surface area contributed by atoms with Crippen molar-refractivity contribution in [2.24, 2.45) is 11.7 Å². The van der Waals surface area contributed by atoms with E-state index in [2.05, 4.69) is 20.9 Å². The molecule has 1 heterocycles. The number of benzene rings is 2. The Labute approximate surface area is 227 Å². The number of carbonyl (C=O) groups is 4. The van der Waals surface area contributed by atoms with Gasteiger partial charge in [0.2, 0.25) is 17.7 Å². The van der Waals surface area contributed by atoms with Crippen molar-refractivity contribution in [3.05, 3.63) is 71.9 Å². The fraction of sp³-hybridized carbons (Fsp3) is 0.379. The van der Waals surface area contributed by atoms with Crippen molar-refractivity contribution in [2.75, 3.05) is 0 Å². The molecule has 4 atom stereocenters. The maximum Gasteiger partial charge on any atom is 0.325 e. The molecule has 1 aromatic heterocycles. The van der Waals surface area contributed by atoms with Crippen molar-refractivity contribution in [3.8, 4) is 0 Å². The molecule has 0 saturated carbocycles. The number of amides is 3. The Morgan fingerprint density at radius 1 is 0.821 bits per heavy atom. The number of fused-ring (bicyclic) bond motifs is 1. The minimum atomic E-state index is -1.19. The Morgan fingerprint density at radius 3 is 2.10 bits per heavy atom. The predicted molar refractivity (Wildman–Crippen MR) is 149 cm³/mol. The van der Waals surface area contributed by atoms with Crippen LogP contribution in [0.4, 0.5) is 0 Å². The Bertz CT molecular complexity index is 1290. The van der Waals surface area contributed by atoms with Gasteiger partial charge in [0.05, 0.1) is 6.04 Å². The Morgan fingerprint density at radius 2 is 1.44 bits per heavy atom. The lowest BCUT2D eigenvalue weighted by Crippen LogP contribution is -2.57. The number of hydrogen-bond donors (Lipinski definition) is 6. The molecule has 0 fully saturated rings. The van der Waals surface area contributed by atoms with E-state index in [4.69, 9.17) is 5.73 Å². The molecular formula is C29H37N5O5. The second-order valence-corrected chi connectivity index (χ2v) is 10.2. The van der Waals surface area contributed by atoms with Crippen LogP contribution < -0.4 is 21.7 Å². The standard InChI is InChI=1S/C29H37N5O5/c1-17(2)13-24(27(36)32-18(3)29(38)39)34-28(37)25(15-20-16-31-23-12-8-7-11-21(20)23)33-26(35)22(30)14-19-9-5-4-6-10-19/h4-12,16-18,22,24-25,31H,13-15,30H2,1-3H3,(H,32,36)(H,33,35)(H,34,37)(H,38,39). The van der Waals surface area contributed by atoms with Gasteiger partial charge >= 0.3 is 5.97 Å². The Hall–Kier alpha value is -4.18. The normalized spacial score (nSPS) is 14.3. The molecular weight excluding hydrogens is 498 g/mol. The number of nitrogens with one attached hydrogen (secondary N) is 4. The molecule has 0 spiro atoms. The van der Waals surface area contributed by atoms with Crippen molar-refractivity contribution in [1.82, 2.24) is 20.9 Å². The maximum absolute atomic E-state index is 13.6. The summed E-state index contributed by atoms with van der Waals surface area (Å²) in [6, 6.07) is 12.9. The largest absolute Gasteiger partial charge is 0.480 e. The smallest absolute Gasteiger partial charge is 0.325 e. The highest BCUT2D eigenvalue weighted by atomic mass is 16.4. The first-order valence-corrected chi connectivity index (χ1v) is 13.0. The first-order chi connectivity index (χ1) is 18.5. The van der Waals surface area contributed by atoms with Gasteiger partial charge in [-0.2, -0.15) is 0 Å². The molecule has 0 aliphatic heterocycles. The summed E-state index contributed by atoms with van der Waals surface area (Å²) >= 11 is 0. The van der Waals surface area contributed by atoms with E-state index in [1.165, 1.54) is 6.92 Å². The van der Waals surface area contributed by atoms with E-state index in [9.17, 15) is 24.3 Å². The molecule has 0 saturated heterocycles. The molecule has 10 heteroatoms. The fourth-order valence-electron chi connectivity index (χ4n) is 4.32. The first kappa shape index (κ1) is 29.4. The zero-order valence-electron chi connectivity index (χ0n) is 22.4. The van der Waals surface area contributed by atoms with Crippen LogP contribution in [0.3, 0.4) is 0 Å². The molecule has 0 radical (unpaired) electrons. The Balaban J connectivity index is 1.82. The van der Waals surface area contributed by atoms with Crippen LogP contribution in [0.5, 0.6) is 0 Å². The van der Waals surface area contributed by atoms with Crippen molar-refractivity contribution >= 4 is 34.6 Å². The zero-order chi connectivity index (χ0) is 28.5. The van der Waals surface area contributed by atoms with Crippen LogP contribution >= 0.6 is 0 Å². The number of nitrogens with two attached hydrogens (primary N) is 1. The topological polar surface area (TPSA) is 166 Å². The molecule has 0 aliphatic carbocycles. The van der Waals surface area contributed by atoms with Gasteiger partial charge in [-0.3, -0.25) is 19.2 Å². The molecule has 208 valence electrons. The van der Waals surface area contributed by atoms with Crippen molar-refractivity contribution in [2.45, 2.75) is 64.2 Å². The third-order valence-corrected chi connectivity index (χ3v) is 6.44. The molecule has 7 N–H and O–H groups in total. The molecule has 0 aliphatic rings. The number of aliphatic carboxylic acids is 1. The highest BCUT2D eigenvalue weighted by Gasteiger charge is 2.30. The van der Waals surface area contributed by atoms with Crippen LogP contribution in [-0.4, -0.2) is 57.9 Å². The van der Waals surface area contributed by atoms with Gasteiger partial charge in [-0.05, 0) is 42.9 Å². The van der Waals surface area contributed by atoms with E-state index in [0.717, 1.165) is 22.0 Å². The third kappa shape index (κ3) is 8.41. The summed E-state index contributed by atoms with van der Waals surface area (Å²) in [7, 11) is 0. The van der Waals surface area contributed by atoms with Gasteiger partial charge in [0.25, 0.3) is 0 Å². The van der Waals surface area contributed by atoms with Gasteiger partial charge in [-0.1, -0.05) is 62.4 Å². The van der Waals surface area contributed by atoms with Gasteiger partial charge < -0.3 is 31.8 Å². The highest BCUT2D eigenvalue weighted by molar-refractivity contribution is 5.94. The lowest BCUT2D eigenvalue weighted by atomic mass is 10.00. The van der Waals surface area contributed by atoms with Gasteiger partial charge in [0.15, 0.2) is 0 Å². The fourth-order valence-corrected chi connectivity index (χ4v) is 4.32. The molecule has 0 bridgehead atoms. The summed E-state index contributed by atoms with van der Waals surface area (Å²) in [4.78, 5) is 54.0. The quantitative estimate of drug-likeness (QED) is 0.195. The number of aromatic amines is 1. The summed E-state index contributed by atoms with van der Waals surface area (Å²) in [5.74, 6) is -2.82. The average Bonchev–Trinajstić information content (AvgIpc) is 3.30. The van der Waals surface area contributed by atoms with Gasteiger partial charge in [0, 0.05) is 23.5 Å². The lowest BCUT2D eigenvalue weighted by molar-refractivity contribution is -0.141. The van der Waals surface area contributed by atoms with Crippen LogP contribution in [0.2, 0.25) is 0 Å². The molecule has 10 nitrogen and oxygen atoms in total. The molecule has 39 heavy (non-hydrogen) atoms. The van der Waals surface area contributed by atoms with Crippen LogP contribution in [0.15, 0.2) is 60.8 Å². The summed E-state index contributed by atoms with van der Waals surface area (Å²) in [5, 5.41) is 18.0. The third-order valence-electron chi connectivity index (χ3n) is 6.44. The molecule has 3 rings (SSSR count). The van der Waals surface area contributed by atoms with Crippen LogP contribution in [-0.2, 0) is 32.0 Å². The predicted octanol–water partition coefficient (Wildman–Crippen LogP) is 1.89. The number of carboxylic acid groups (broad SMARTS) is 1. The van der Waals surface area contributed by atoms with E-state index in [0.29, 0.717) is 6.42 Å². The van der Waals surface area contributed by atoms with Crippen molar-refractivity contribution in [3.63, 3.8) is 0 Å². The number of H-pyrrole nitrogens is 1. The lowest BCUT2D eigenvalue weighted by Gasteiger charge is -2.25. The molecule has 3 aromatic rings. The number of para-hydroxylation sites is 1. The van der Waals surface area contributed by atoms with E-state index in [1.54, 1.807) is 6.20 Å². The monoisotopic (exact) mass is 535 g/mol. The number of aromatic nitrogens is 1. The SMILES string of the molecule is CC(C)CC(NC(=O)C(Cc1c[nH]c2ccccc12)NC(=O)C(N)Cc1ccccc1)C(=O)NC(C)C(=O)O. The average molecular weight is 536 g/mol. The number of hydrogen-bond acceptors (Lipinski definition) is 5. The van der Waals surface area contributed by atoms with Crippen LogP contribution in [0, 0.1) is 5.92 Å². The Kier molecular flexibility index (Phi) is 10.2. The number of carbonyl (C=O) groups excluding carboxylic acids is 3. The van der Waals surface area contributed by atoms with Crippen molar-refractivity contribution < 1.29 is 24.3 Å². The minimum absolute atomic E-state index is 0.0298. The van der Waals surface area contributed by atoms with E-state index < -0.39 is 47.9 Å². The van der Waals surface area contributed by atoms with Gasteiger partial charge in [-0.25, -0.2) is 0 Å². The summed E-state index contributed by atoms with van der Waals surface area (Å²) in [6.07, 6.45) is 2.51. The second-order valence-electron chi connectivity index (χ2n) is 10.2. The number of rotatable bonds is 13. The molecule has 4 unspecified atom stereocenters. The second kappa shape index (κ2) is 13.6. The minimum Gasteiger partial charge on any atom is -0.480 e. The number of carboxylic acids is 1. The highest BCUT2D eigenvalue weighted by Crippen LogP contribution is 2.19. The molecule has 2 aromatic carbocycles. The first-order valence-electron chi connectivity index (χ1n) is 13.0. The van der Waals surface area contributed by atoms with Crippen LogP contribution in [0.1, 0.15) is 38.3 Å². The summed E-state index contributed by atoms with van der Waals surface area (Å²) in [6.45, 7) is 5.13. The zero-order valence-corrected chi connectivity index (χ0v) is 22.4. The van der Waals surface area contributed by atoms with Gasteiger partial charge in [0.1, 0.15) is 18.1 Å². The molecule has 3 amide bonds. The summed E-state index contributed by atoms with van der Waals surface area (Å²) in [5.41, 5.74) is 8.78. The van der Waals surface area contributed by atoms with E-state index >= 15 is 0 Å². The maximum atomic E-state index is 13.6. The van der Waals surface area contributed by atoms with Crippen LogP contribution in [0.25, 0.3) is 10.9 Å². The van der Waals surface area contributed by atoms with E-state index in [-0.39, 0.29) is 18.8 Å². The van der Waals surface area contributed by atoms with E-state index in [1.807, 2.05) is 68.4 Å². The van der Waals surface area contributed by atoms with Gasteiger partial charge in [-0.15, -0.1) is 0 Å². The van der Waals surface area contributed by atoms with Crippen molar-refractivity contribution in [1.29, 1.82) is 0 Å². The summed E-state index contributed by atoms with van der Waals surface area (Å²) < 4.78 is 0.